The third kappa shape index (κ3) is 3.54. The highest BCUT2D eigenvalue weighted by atomic mass is 35.5. The van der Waals surface area contributed by atoms with Crippen molar-refractivity contribution >= 4 is 11.6 Å². The minimum atomic E-state index is -0.818. The normalized spacial score (nSPS) is 12.4. The molecule has 3 heteroatoms. The van der Waals surface area contributed by atoms with Crippen molar-refractivity contribution in [2.75, 3.05) is 5.88 Å². The molecule has 2 aromatic carbocycles. The second kappa shape index (κ2) is 6.16. The van der Waals surface area contributed by atoms with Crippen LogP contribution in [0, 0.1) is 18.6 Å². The van der Waals surface area contributed by atoms with Gasteiger partial charge < -0.3 is 0 Å². The van der Waals surface area contributed by atoms with Gasteiger partial charge in [-0.3, -0.25) is 0 Å². The van der Waals surface area contributed by atoms with Gasteiger partial charge >= 0.3 is 0 Å². The fourth-order valence-electron chi connectivity index (χ4n) is 2.05. The summed E-state index contributed by atoms with van der Waals surface area (Å²) >= 11 is 6.00. The molecule has 2 aromatic rings. The van der Waals surface area contributed by atoms with Crippen molar-refractivity contribution in [2.45, 2.75) is 19.3 Å². The van der Waals surface area contributed by atoms with E-state index in [0.717, 1.165) is 17.2 Å². The van der Waals surface area contributed by atoms with Crippen molar-refractivity contribution in [2.24, 2.45) is 0 Å². The third-order valence-corrected chi connectivity index (χ3v) is 3.57. The third-order valence-electron chi connectivity index (χ3n) is 3.20. The molecular formula is C16H15ClF2. The van der Waals surface area contributed by atoms with E-state index in [0.29, 0.717) is 12.3 Å². The average Bonchev–Trinajstić information content (AvgIpc) is 2.41. The summed E-state index contributed by atoms with van der Waals surface area (Å²) in [5.41, 5.74) is 3.06. The Balaban J connectivity index is 2.18. The summed E-state index contributed by atoms with van der Waals surface area (Å²) in [5.74, 6) is -1.08. The molecule has 0 spiro atoms. The maximum atomic E-state index is 13.2. The van der Waals surface area contributed by atoms with E-state index in [1.165, 1.54) is 11.6 Å². The van der Waals surface area contributed by atoms with Crippen LogP contribution in [0.2, 0.25) is 0 Å². The van der Waals surface area contributed by atoms with Crippen molar-refractivity contribution in [3.8, 4) is 0 Å². The van der Waals surface area contributed by atoms with Gasteiger partial charge in [0.1, 0.15) is 0 Å². The summed E-state index contributed by atoms with van der Waals surface area (Å²) < 4.78 is 26.1. The summed E-state index contributed by atoms with van der Waals surface area (Å²) in [6.45, 7) is 2.02. The molecule has 100 valence electrons. The molecule has 0 saturated heterocycles. The maximum Gasteiger partial charge on any atom is 0.159 e. The smallest absolute Gasteiger partial charge is 0.159 e. The quantitative estimate of drug-likeness (QED) is 0.703. The van der Waals surface area contributed by atoms with Gasteiger partial charge in [0.05, 0.1) is 0 Å². The molecule has 0 heterocycles. The van der Waals surface area contributed by atoms with Crippen LogP contribution in [0.1, 0.15) is 22.6 Å². The average molecular weight is 281 g/mol. The molecule has 0 aromatic heterocycles. The molecule has 0 saturated carbocycles. The number of alkyl halides is 1. The fourth-order valence-corrected chi connectivity index (χ4v) is 2.34. The minimum Gasteiger partial charge on any atom is -0.204 e. The van der Waals surface area contributed by atoms with Crippen LogP contribution in [0.5, 0.6) is 0 Å². The van der Waals surface area contributed by atoms with Gasteiger partial charge in [0, 0.05) is 11.8 Å². The summed E-state index contributed by atoms with van der Waals surface area (Å²) in [7, 11) is 0. The molecule has 0 fully saturated rings. The monoisotopic (exact) mass is 280 g/mol. The Hall–Kier alpha value is -1.41. The number of rotatable bonds is 4. The van der Waals surface area contributed by atoms with E-state index in [-0.39, 0.29) is 5.92 Å². The zero-order valence-electron chi connectivity index (χ0n) is 10.7. The van der Waals surface area contributed by atoms with E-state index >= 15 is 0 Å². The summed E-state index contributed by atoms with van der Waals surface area (Å²) in [4.78, 5) is 0. The van der Waals surface area contributed by atoms with Gasteiger partial charge in [-0.05, 0) is 36.6 Å². The van der Waals surface area contributed by atoms with Crippen molar-refractivity contribution in [3.63, 3.8) is 0 Å². The Morgan fingerprint density at radius 1 is 1.00 bits per heavy atom. The number of hydrogen-bond donors (Lipinski definition) is 0. The number of benzene rings is 2. The predicted octanol–water partition coefficient (Wildman–Crippen LogP) is 4.84. The van der Waals surface area contributed by atoms with Gasteiger partial charge in [-0.1, -0.05) is 35.9 Å². The standard InChI is InChI=1S/C16H15ClF2/c1-11-2-5-13(6-3-11)14(10-17)8-12-4-7-15(18)16(19)9-12/h2-7,9,14H,8,10H2,1H3. The van der Waals surface area contributed by atoms with Crippen LogP contribution >= 0.6 is 11.6 Å². The van der Waals surface area contributed by atoms with E-state index in [9.17, 15) is 8.78 Å². The first kappa shape index (κ1) is 14.0. The zero-order valence-corrected chi connectivity index (χ0v) is 11.4. The lowest BCUT2D eigenvalue weighted by atomic mass is 9.93. The van der Waals surface area contributed by atoms with Crippen LogP contribution in [0.15, 0.2) is 42.5 Å². The first-order valence-electron chi connectivity index (χ1n) is 6.16. The second-order valence-corrected chi connectivity index (χ2v) is 5.02. The number of aryl methyl sites for hydroxylation is 1. The molecular weight excluding hydrogens is 266 g/mol. The molecule has 1 atom stereocenters. The van der Waals surface area contributed by atoms with Crippen LogP contribution < -0.4 is 0 Å². The highest BCUT2D eigenvalue weighted by Gasteiger charge is 2.12. The Labute approximate surface area is 117 Å². The number of halogens is 3. The SMILES string of the molecule is Cc1ccc(C(CCl)Cc2ccc(F)c(F)c2)cc1. The Bertz CT molecular complexity index is 549. The van der Waals surface area contributed by atoms with Gasteiger partial charge in [-0.2, -0.15) is 0 Å². The van der Waals surface area contributed by atoms with Gasteiger partial charge in [-0.15, -0.1) is 11.6 Å². The van der Waals surface area contributed by atoms with E-state index < -0.39 is 11.6 Å². The lowest BCUT2D eigenvalue weighted by molar-refractivity contribution is 0.506. The van der Waals surface area contributed by atoms with Crippen LogP contribution in [0.3, 0.4) is 0 Å². The van der Waals surface area contributed by atoms with Gasteiger partial charge in [0.2, 0.25) is 0 Å². The predicted molar refractivity (Wildman–Crippen MR) is 74.7 cm³/mol. The molecule has 0 aliphatic carbocycles. The Morgan fingerprint density at radius 2 is 1.68 bits per heavy atom. The molecule has 0 N–H and O–H groups in total. The van der Waals surface area contributed by atoms with Crippen LogP contribution in [-0.4, -0.2) is 5.88 Å². The minimum absolute atomic E-state index is 0.104. The molecule has 0 bridgehead atoms. The first-order chi connectivity index (χ1) is 9.10. The molecule has 0 amide bonds. The lowest BCUT2D eigenvalue weighted by Gasteiger charge is -2.15. The first-order valence-corrected chi connectivity index (χ1v) is 6.70. The second-order valence-electron chi connectivity index (χ2n) is 4.71. The van der Waals surface area contributed by atoms with Crippen molar-refractivity contribution in [1.82, 2.24) is 0 Å². The maximum absolute atomic E-state index is 13.2. The molecule has 0 aliphatic heterocycles. The topological polar surface area (TPSA) is 0 Å². The summed E-state index contributed by atoms with van der Waals surface area (Å²) in [6, 6.07) is 12.1. The molecule has 1 unspecified atom stereocenters. The molecule has 0 nitrogen and oxygen atoms in total. The molecule has 0 radical (unpaired) electrons. The highest BCUT2D eigenvalue weighted by Crippen LogP contribution is 2.23. The fraction of sp³-hybridized carbons (Fsp3) is 0.250. The van der Waals surface area contributed by atoms with E-state index in [4.69, 9.17) is 11.6 Å². The van der Waals surface area contributed by atoms with Crippen LogP contribution in [-0.2, 0) is 6.42 Å². The number of hydrogen-bond acceptors (Lipinski definition) is 0. The van der Waals surface area contributed by atoms with Gasteiger partial charge in [0.15, 0.2) is 11.6 Å². The van der Waals surface area contributed by atoms with Crippen LogP contribution in [0.25, 0.3) is 0 Å². The molecule has 0 aliphatic rings. The van der Waals surface area contributed by atoms with Crippen LogP contribution in [0.4, 0.5) is 8.78 Å². The van der Waals surface area contributed by atoms with Crippen molar-refractivity contribution < 1.29 is 8.78 Å². The van der Waals surface area contributed by atoms with Gasteiger partial charge in [0.25, 0.3) is 0 Å². The largest absolute Gasteiger partial charge is 0.204 e. The summed E-state index contributed by atoms with van der Waals surface area (Å²) in [6.07, 6.45) is 0.601. The zero-order chi connectivity index (χ0) is 13.8. The Morgan fingerprint density at radius 3 is 2.26 bits per heavy atom. The Kier molecular flexibility index (Phi) is 4.54. The van der Waals surface area contributed by atoms with E-state index in [2.05, 4.69) is 0 Å². The lowest BCUT2D eigenvalue weighted by Crippen LogP contribution is -2.05. The van der Waals surface area contributed by atoms with Crippen molar-refractivity contribution in [1.29, 1.82) is 0 Å². The molecule has 19 heavy (non-hydrogen) atoms. The van der Waals surface area contributed by atoms with Crippen molar-refractivity contribution in [3.05, 3.63) is 70.8 Å². The van der Waals surface area contributed by atoms with Gasteiger partial charge in [-0.25, -0.2) is 8.78 Å². The van der Waals surface area contributed by atoms with E-state index in [1.807, 2.05) is 31.2 Å². The summed E-state index contributed by atoms with van der Waals surface area (Å²) in [5, 5.41) is 0. The van der Waals surface area contributed by atoms with E-state index in [1.54, 1.807) is 6.07 Å². The molecule has 2 rings (SSSR count). The highest BCUT2D eigenvalue weighted by molar-refractivity contribution is 6.18.